The van der Waals surface area contributed by atoms with Crippen molar-refractivity contribution in [2.24, 2.45) is 0 Å². The zero-order chi connectivity index (χ0) is 15.9. The van der Waals surface area contributed by atoms with E-state index >= 15 is 0 Å². The number of hydrogen-bond donors (Lipinski definition) is 0. The third-order valence-corrected chi connectivity index (χ3v) is 3.78. The maximum absolute atomic E-state index is 12.5. The van der Waals surface area contributed by atoms with Crippen LogP contribution in [0.25, 0.3) is 0 Å². The van der Waals surface area contributed by atoms with Crippen LogP contribution in [-0.2, 0) is 0 Å². The smallest absolute Gasteiger partial charge is 0.266 e. The van der Waals surface area contributed by atoms with Crippen LogP contribution in [0.3, 0.4) is 0 Å². The number of amides is 2. The standard InChI is InChI=1S/C16H12ClNO4/c1-21-13-8-14(22-2)12(7-11(13)17)18-15(19)9-5-3-4-6-10(9)16(18)20/h3-8H,1-2H3. The Hall–Kier alpha value is -2.53. The molecule has 0 aromatic heterocycles. The van der Waals surface area contributed by atoms with E-state index in [9.17, 15) is 9.59 Å². The van der Waals surface area contributed by atoms with Crippen LogP contribution >= 0.6 is 11.6 Å². The first-order chi connectivity index (χ1) is 10.6. The van der Waals surface area contributed by atoms with Crippen molar-refractivity contribution < 1.29 is 19.1 Å². The van der Waals surface area contributed by atoms with E-state index in [1.54, 1.807) is 30.3 Å². The molecule has 2 aromatic carbocycles. The Labute approximate surface area is 132 Å². The van der Waals surface area contributed by atoms with E-state index in [2.05, 4.69) is 0 Å². The van der Waals surface area contributed by atoms with Crippen LogP contribution in [0.5, 0.6) is 11.5 Å². The van der Waals surface area contributed by atoms with Gasteiger partial charge in [-0.05, 0) is 18.2 Å². The van der Waals surface area contributed by atoms with Gasteiger partial charge in [0, 0.05) is 6.07 Å². The normalized spacial score (nSPS) is 13.3. The van der Waals surface area contributed by atoms with Gasteiger partial charge in [-0.2, -0.15) is 0 Å². The second kappa shape index (κ2) is 5.35. The van der Waals surface area contributed by atoms with Gasteiger partial charge in [-0.1, -0.05) is 23.7 Å². The van der Waals surface area contributed by atoms with Gasteiger partial charge in [0.05, 0.1) is 36.1 Å². The molecule has 22 heavy (non-hydrogen) atoms. The summed E-state index contributed by atoms with van der Waals surface area (Å²) in [5.41, 5.74) is 1.02. The molecule has 0 spiro atoms. The Kier molecular flexibility index (Phi) is 3.50. The molecule has 0 aliphatic carbocycles. The summed E-state index contributed by atoms with van der Waals surface area (Å²) in [5.74, 6) is -0.0742. The zero-order valence-electron chi connectivity index (χ0n) is 11.9. The topological polar surface area (TPSA) is 55.8 Å². The van der Waals surface area contributed by atoms with Crippen LogP contribution in [0.2, 0.25) is 5.02 Å². The maximum atomic E-state index is 12.5. The van der Waals surface area contributed by atoms with Crippen LogP contribution in [0.15, 0.2) is 36.4 Å². The average Bonchev–Trinajstić information content (AvgIpc) is 2.79. The lowest BCUT2D eigenvalue weighted by Crippen LogP contribution is -2.29. The molecule has 1 aliphatic heterocycles. The Morgan fingerprint density at radius 1 is 0.909 bits per heavy atom. The number of hydrogen-bond acceptors (Lipinski definition) is 4. The lowest BCUT2D eigenvalue weighted by molar-refractivity contribution is 0.0925. The minimum atomic E-state index is -0.403. The van der Waals surface area contributed by atoms with Crippen LogP contribution in [0.1, 0.15) is 20.7 Å². The highest BCUT2D eigenvalue weighted by atomic mass is 35.5. The van der Waals surface area contributed by atoms with Crippen molar-refractivity contribution in [2.75, 3.05) is 19.1 Å². The van der Waals surface area contributed by atoms with E-state index in [1.165, 1.54) is 20.3 Å². The Bertz CT molecular complexity index is 753. The molecule has 3 rings (SSSR count). The maximum Gasteiger partial charge on any atom is 0.266 e. The highest BCUT2D eigenvalue weighted by Gasteiger charge is 2.38. The van der Waals surface area contributed by atoms with Crippen molar-refractivity contribution in [3.05, 3.63) is 52.5 Å². The highest BCUT2D eigenvalue weighted by molar-refractivity contribution is 6.36. The van der Waals surface area contributed by atoms with Gasteiger partial charge in [-0.15, -0.1) is 0 Å². The van der Waals surface area contributed by atoms with Crippen molar-refractivity contribution in [1.29, 1.82) is 0 Å². The minimum absolute atomic E-state index is 0.287. The summed E-state index contributed by atoms with van der Waals surface area (Å²) < 4.78 is 10.4. The van der Waals surface area contributed by atoms with Gasteiger partial charge in [0.25, 0.3) is 11.8 Å². The number of carbonyl (C=O) groups is 2. The fourth-order valence-corrected chi connectivity index (χ4v) is 2.66. The van der Waals surface area contributed by atoms with Crippen molar-refractivity contribution in [2.45, 2.75) is 0 Å². The van der Waals surface area contributed by atoms with Crippen molar-refractivity contribution in [3.8, 4) is 11.5 Å². The molecule has 6 heteroatoms. The van der Waals surface area contributed by atoms with Crippen molar-refractivity contribution >= 4 is 29.1 Å². The first-order valence-electron chi connectivity index (χ1n) is 6.47. The summed E-state index contributed by atoms with van der Waals surface area (Å²) in [6, 6.07) is 9.69. The lowest BCUT2D eigenvalue weighted by atomic mass is 10.1. The molecule has 0 N–H and O–H groups in total. The molecule has 1 aliphatic rings. The molecular formula is C16H12ClNO4. The summed E-state index contributed by atoms with van der Waals surface area (Å²) in [7, 11) is 2.92. The minimum Gasteiger partial charge on any atom is -0.495 e. The Morgan fingerprint density at radius 2 is 1.45 bits per heavy atom. The van der Waals surface area contributed by atoms with Gasteiger partial charge >= 0.3 is 0 Å². The number of ether oxygens (including phenoxy) is 2. The Balaban J connectivity index is 2.15. The highest BCUT2D eigenvalue weighted by Crippen LogP contribution is 2.40. The van der Waals surface area contributed by atoms with Crippen molar-refractivity contribution in [3.63, 3.8) is 0 Å². The fraction of sp³-hybridized carbons (Fsp3) is 0.125. The van der Waals surface area contributed by atoms with Crippen LogP contribution < -0.4 is 14.4 Å². The molecule has 0 saturated heterocycles. The van der Waals surface area contributed by atoms with Gasteiger partial charge in [0.15, 0.2) is 0 Å². The summed E-state index contributed by atoms with van der Waals surface area (Å²) in [6.07, 6.45) is 0. The lowest BCUT2D eigenvalue weighted by Gasteiger charge is -2.18. The first-order valence-corrected chi connectivity index (χ1v) is 6.85. The first kappa shape index (κ1) is 14.4. The molecule has 0 bridgehead atoms. The molecule has 0 fully saturated rings. The van der Waals surface area contributed by atoms with Gasteiger partial charge < -0.3 is 9.47 Å². The number of halogens is 1. The number of carbonyl (C=O) groups excluding carboxylic acids is 2. The van der Waals surface area contributed by atoms with Crippen LogP contribution in [-0.4, -0.2) is 26.0 Å². The van der Waals surface area contributed by atoms with Crippen molar-refractivity contribution in [1.82, 2.24) is 0 Å². The van der Waals surface area contributed by atoms with Gasteiger partial charge in [0.2, 0.25) is 0 Å². The SMILES string of the molecule is COc1cc(OC)c(N2C(=O)c3ccccc3C2=O)cc1Cl. The third-order valence-electron chi connectivity index (χ3n) is 3.49. The number of benzene rings is 2. The molecule has 2 aromatic rings. The molecule has 0 atom stereocenters. The zero-order valence-corrected chi connectivity index (χ0v) is 12.7. The van der Waals surface area contributed by atoms with E-state index in [4.69, 9.17) is 21.1 Å². The predicted octanol–water partition coefficient (Wildman–Crippen LogP) is 3.16. The summed E-state index contributed by atoms with van der Waals surface area (Å²) in [6.45, 7) is 0. The number of rotatable bonds is 3. The van der Waals surface area contributed by atoms with E-state index in [-0.39, 0.29) is 5.02 Å². The molecule has 0 saturated carbocycles. The molecule has 112 valence electrons. The quantitative estimate of drug-likeness (QED) is 0.816. The van der Waals surface area contributed by atoms with E-state index in [1.807, 2.05) is 0 Å². The molecular weight excluding hydrogens is 306 g/mol. The van der Waals surface area contributed by atoms with E-state index < -0.39 is 11.8 Å². The van der Waals surface area contributed by atoms with E-state index in [0.29, 0.717) is 28.3 Å². The molecule has 1 heterocycles. The molecule has 0 radical (unpaired) electrons. The number of imide groups is 1. The van der Waals surface area contributed by atoms with Gasteiger partial charge in [-0.3, -0.25) is 9.59 Å². The third kappa shape index (κ3) is 2.02. The summed E-state index contributed by atoms with van der Waals surface area (Å²) >= 11 is 6.11. The largest absolute Gasteiger partial charge is 0.495 e. The fourth-order valence-electron chi connectivity index (χ4n) is 2.43. The van der Waals surface area contributed by atoms with E-state index in [0.717, 1.165) is 4.90 Å². The molecule has 0 unspecified atom stereocenters. The second-order valence-corrected chi connectivity index (χ2v) is 5.06. The monoisotopic (exact) mass is 317 g/mol. The average molecular weight is 318 g/mol. The molecule has 2 amide bonds. The summed E-state index contributed by atoms with van der Waals surface area (Å²) in [5, 5.41) is 0.287. The predicted molar refractivity (Wildman–Crippen MR) is 82.1 cm³/mol. The number of anilines is 1. The van der Waals surface area contributed by atoms with Gasteiger partial charge in [0.1, 0.15) is 11.5 Å². The number of methoxy groups -OCH3 is 2. The number of fused-ring (bicyclic) bond motifs is 1. The van der Waals surface area contributed by atoms with Gasteiger partial charge in [-0.25, -0.2) is 4.90 Å². The second-order valence-electron chi connectivity index (χ2n) is 4.65. The van der Waals surface area contributed by atoms with Crippen LogP contribution in [0, 0.1) is 0 Å². The summed E-state index contributed by atoms with van der Waals surface area (Å²) in [4.78, 5) is 26.1. The van der Waals surface area contributed by atoms with Crippen LogP contribution in [0.4, 0.5) is 5.69 Å². The number of nitrogens with zero attached hydrogens (tertiary/aromatic N) is 1. The Morgan fingerprint density at radius 3 is 1.95 bits per heavy atom. The molecule has 5 nitrogen and oxygen atoms in total.